The zero-order valence-electron chi connectivity index (χ0n) is 11.7. The molecule has 0 N–H and O–H groups in total. The number of ether oxygens (including phenoxy) is 1. The second kappa shape index (κ2) is 6.79. The summed E-state index contributed by atoms with van der Waals surface area (Å²) in [4.78, 5) is 33.9. The Labute approximate surface area is 116 Å². The number of hydrogen-bond acceptors (Lipinski definition) is 5. The predicted octanol–water partition coefficient (Wildman–Crippen LogP) is 2.81. The van der Waals surface area contributed by atoms with Crippen LogP contribution in [0.4, 0.5) is 5.69 Å². The molecule has 1 aromatic carbocycles. The highest BCUT2D eigenvalue weighted by atomic mass is 16.6. The van der Waals surface area contributed by atoms with Gasteiger partial charge in [-0.3, -0.25) is 19.7 Å². The highest BCUT2D eigenvalue weighted by molar-refractivity contribution is 5.89. The fourth-order valence-electron chi connectivity index (χ4n) is 1.78. The summed E-state index contributed by atoms with van der Waals surface area (Å²) >= 11 is 0. The van der Waals surface area contributed by atoms with Crippen molar-refractivity contribution in [2.24, 2.45) is 5.92 Å². The summed E-state index contributed by atoms with van der Waals surface area (Å²) in [6.07, 6.45) is -0.666. The molecule has 0 saturated heterocycles. The van der Waals surface area contributed by atoms with Crippen LogP contribution < -0.4 is 0 Å². The minimum absolute atomic E-state index is 0.109. The van der Waals surface area contributed by atoms with E-state index in [9.17, 15) is 19.7 Å². The van der Waals surface area contributed by atoms with Gasteiger partial charge >= 0.3 is 5.97 Å². The second-order valence-corrected chi connectivity index (χ2v) is 4.52. The molecule has 0 aliphatic rings. The van der Waals surface area contributed by atoms with Crippen LogP contribution >= 0.6 is 0 Å². The SMILES string of the molecule is CCC(C)C(=O)C(OC(C)=O)c1ccccc1[N+](=O)[O-]. The maximum Gasteiger partial charge on any atom is 0.303 e. The van der Waals surface area contributed by atoms with Crippen LogP contribution in [0.3, 0.4) is 0 Å². The van der Waals surface area contributed by atoms with Crippen LogP contribution in [0.1, 0.15) is 38.9 Å². The Balaban J connectivity index is 3.27. The predicted molar refractivity (Wildman–Crippen MR) is 72.1 cm³/mol. The molecule has 0 bridgehead atoms. The molecule has 1 rings (SSSR count). The molecule has 6 nitrogen and oxygen atoms in total. The van der Waals surface area contributed by atoms with Crippen molar-refractivity contribution in [1.29, 1.82) is 0 Å². The Hall–Kier alpha value is -2.24. The molecule has 108 valence electrons. The van der Waals surface area contributed by atoms with Crippen molar-refractivity contribution in [2.45, 2.75) is 33.3 Å². The van der Waals surface area contributed by atoms with E-state index in [1.54, 1.807) is 13.0 Å². The smallest absolute Gasteiger partial charge is 0.303 e. The average Bonchev–Trinajstić information content (AvgIpc) is 2.42. The van der Waals surface area contributed by atoms with Crippen LogP contribution in [-0.2, 0) is 14.3 Å². The lowest BCUT2D eigenvalue weighted by Gasteiger charge is -2.19. The van der Waals surface area contributed by atoms with Crippen LogP contribution in [0, 0.1) is 16.0 Å². The number of nitro groups is 1. The molecule has 0 heterocycles. The van der Waals surface area contributed by atoms with Crippen molar-refractivity contribution >= 4 is 17.4 Å². The fraction of sp³-hybridized carbons (Fsp3) is 0.429. The minimum atomic E-state index is -1.23. The summed E-state index contributed by atoms with van der Waals surface area (Å²) in [6, 6.07) is 5.80. The normalized spacial score (nSPS) is 13.3. The Bertz CT molecular complexity index is 526. The molecular formula is C14H17NO5. The van der Waals surface area contributed by atoms with E-state index in [4.69, 9.17) is 4.74 Å². The zero-order chi connectivity index (χ0) is 15.3. The Morgan fingerprint density at radius 3 is 2.45 bits per heavy atom. The van der Waals surface area contributed by atoms with Gasteiger partial charge in [-0.25, -0.2) is 0 Å². The van der Waals surface area contributed by atoms with E-state index in [2.05, 4.69) is 0 Å². The average molecular weight is 279 g/mol. The number of carbonyl (C=O) groups is 2. The van der Waals surface area contributed by atoms with Gasteiger partial charge in [-0.15, -0.1) is 0 Å². The van der Waals surface area contributed by atoms with E-state index in [1.807, 2.05) is 6.92 Å². The molecule has 0 fully saturated rings. The van der Waals surface area contributed by atoms with E-state index in [1.165, 1.54) is 25.1 Å². The monoisotopic (exact) mass is 279 g/mol. The van der Waals surface area contributed by atoms with Crippen LogP contribution in [0.15, 0.2) is 24.3 Å². The molecule has 0 amide bonds. The van der Waals surface area contributed by atoms with Gasteiger partial charge in [0.05, 0.1) is 10.5 Å². The van der Waals surface area contributed by atoms with Crippen molar-refractivity contribution in [2.75, 3.05) is 0 Å². The third-order valence-corrected chi connectivity index (χ3v) is 3.06. The number of ketones is 1. The summed E-state index contributed by atoms with van der Waals surface area (Å²) < 4.78 is 5.02. The number of benzene rings is 1. The molecule has 0 saturated carbocycles. The van der Waals surface area contributed by atoms with Gasteiger partial charge in [-0.2, -0.15) is 0 Å². The van der Waals surface area contributed by atoms with Gasteiger partial charge < -0.3 is 4.74 Å². The first-order chi connectivity index (χ1) is 9.38. The van der Waals surface area contributed by atoms with Crippen molar-refractivity contribution in [3.63, 3.8) is 0 Å². The lowest BCUT2D eigenvalue weighted by Crippen LogP contribution is -2.24. The molecule has 6 heteroatoms. The summed E-state index contributed by atoms with van der Waals surface area (Å²) in [5.41, 5.74) is -0.117. The van der Waals surface area contributed by atoms with E-state index >= 15 is 0 Å². The van der Waals surface area contributed by atoms with Crippen LogP contribution in [-0.4, -0.2) is 16.7 Å². The highest BCUT2D eigenvalue weighted by Gasteiger charge is 2.32. The quantitative estimate of drug-likeness (QED) is 0.454. The molecule has 0 spiro atoms. The van der Waals surface area contributed by atoms with Gasteiger partial charge in [-0.1, -0.05) is 26.0 Å². The van der Waals surface area contributed by atoms with Gasteiger partial charge in [0.2, 0.25) is 0 Å². The summed E-state index contributed by atoms with van der Waals surface area (Å²) in [5, 5.41) is 11.0. The van der Waals surface area contributed by atoms with Crippen molar-refractivity contribution in [1.82, 2.24) is 0 Å². The molecule has 0 radical (unpaired) electrons. The summed E-state index contributed by atoms with van der Waals surface area (Å²) in [7, 11) is 0. The first kappa shape index (κ1) is 15.8. The molecule has 2 atom stereocenters. The molecule has 20 heavy (non-hydrogen) atoms. The van der Waals surface area contributed by atoms with Crippen LogP contribution in [0.5, 0.6) is 0 Å². The number of carbonyl (C=O) groups excluding carboxylic acids is 2. The lowest BCUT2D eigenvalue weighted by atomic mass is 9.93. The maximum atomic E-state index is 12.3. The first-order valence-electron chi connectivity index (χ1n) is 6.32. The van der Waals surface area contributed by atoms with E-state index in [0.29, 0.717) is 6.42 Å². The van der Waals surface area contributed by atoms with Gasteiger partial charge in [-0.05, 0) is 12.5 Å². The van der Waals surface area contributed by atoms with Crippen molar-refractivity contribution < 1.29 is 19.2 Å². The van der Waals surface area contributed by atoms with Gasteiger partial charge in [0.1, 0.15) is 0 Å². The number of hydrogen-bond donors (Lipinski definition) is 0. The zero-order valence-corrected chi connectivity index (χ0v) is 11.7. The third kappa shape index (κ3) is 3.63. The fourth-order valence-corrected chi connectivity index (χ4v) is 1.78. The van der Waals surface area contributed by atoms with Crippen molar-refractivity contribution in [3.8, 4) is 0 Å². The number of esters is 1. The Kier molecular flexibility index (Phi) is 5.37. The third-order valence-electron chi connectivity index (χ3n) is 3.06. The number of Topliss-reactive ketones (excluding diaryl/α,β-unsaturated/α-hetero) is 1. The molecule has 0 aromatic heterocycles. The van der Waals surface area contributed by atoms with Crippen molar-refractivity contribution in [3.05, 3.63) is 39.9 Å². The largest absolute Gasteiger partial charge is 0.449 e. The number of para-hydroxylation sites is 1. The van der Waals surface area contributed by atoms with Gasteiger partial charge in [0, 0.05) is 18.9 Å². The first-order valence-corrected chi connectivity index (χ1v) is 6.32. The maximum absolute atomic E-state index is 12.3. The standard InChI is InChI=1S/C14H17NO5/c1-4-9(2)13(17)14(20-10(3)16)11-7-5-6-8-12(11)15(18)19/h5-9,14H,4H2,1-3H3. The minimum Gasteiger partial charge on any atom is -0.449 e. The van der Waals surface area contributed by atoms with E-state index in [0.717, 1.165) is 0 Å². The topological polar surface area (TPSA) is 86.5 Å². The Morgan fingerprint density at radius 2 is 1.95 bits per heavy atom. The number of rotatable bonds is 6. The van der Waals surface area contributed by atoms with Gasteiger partial charge in [0.25, 0.3) is 5.69 Å². The molecule has 2 unspecified atom stereocenters. The lowest BCUT2D eigenvalue weighted by molar-refractivity contribution is -0.386. The summed E-state index contributed by atoms with van der Waals surface area (Å²) in [5.74, 6) is -1.33. The number of nitrogens with zero attached hydrogens (tertiary/aromatic N) is 1. The molecule has 1 aromatic rings. The number of nitro benzene ring substituents is 1. The van der Waals surface area contributed by atoms with E-state index in [-0.39, 0.29) is 23.0 Å². The van der Waals surface area contributed by atoms with E-state index < -0.39 is 17.0 Å². The summed E-state index contributed by atoms with van der Waals surface area (Å²) in [6.45, 7) is 4.70. The Morgan fingerprint density at radius 1 is 1.35 bits per heavy atom. The molecule has 0 aliphatic carbocycles. The van der Waals surface area contributed by atoms with Gasteiger partial charge in [0.15, 0.2) is 11.9 Å². The van der Waals surface area contributed by atoms with Crippen LogP contribution in [0.25, 0.3) is 0 Å². The molecule has 0 aliphatic heterocycles. The molecular weight excluding hydrogens is 262 g/mol. The van der Waals surface area contributed by atoms with Crippen LogP contribution in [0.2, 0.25) is 0 Å². The highest BCUT2D eigenvalue weighted by Crippen LogP contribution is 2.30. The second-order valence-electron chi connectivity index (χ2n) is 4.52.